The lowest BCUT2D eigenvalue weighted by Crippen LogP contribution is -2.05. The first-order valence-electron chi connectivity index (χ1n) is 8.58. The van der Waals surface area contributed by atoms with Gasteiger partial charge in [0.2, 0.25) is 0 Å². The smallest absolute Gasteiger partial charge is 0.0854 e. The third-order valence-electron chi connectivity index (χ3n) is 4.07. The maximum absolute atomic E-state index is 6.14. The zero-order valence-corrected chi connectivity index (χ0v) is 13.7. The highest BCUT2D eigenvalue weighted by Gasteiger charge is 2.11. The molecule has 0 radical (unpaired) electrons. The molecule has 0 aliphatic heterocycles. The van der Waals surface area contributed by atoms with Crippen LogP contribution >= 0.6 is 0 Å². The summed E-state index contributed by atoms with van der Waals surface area (Å²) in [5.74, 6) is 0. The third-order valence-corrected chi connectivity index (χ3v) is 4.07. The van der Waals surface area contributed by atoms with E-state index in [9.17, 15) is 0 Å². The second kappa shape index (κ2) is 9.84. The molecule has 0 saturated heterocycles. The molecule has 1 aromatic rings. The number of nitrogens with zero attached hydrogens (tertiary/aromatic N) is 2. The van der Waals surface area contributed by atoms with Gasteiger partial charge in [0.1, 0.15) is 0 Å². The minimum atomic E-state index is 0.926. The minimum absolute atomic E-state index is 0.926. The van der Waals surface area contributed by atoms with Gasteiger partial charge in [-0.3, -0.25) is 4.68 Å². The summed E-state index contributed by atoms with van der Waals surface area (Å²) in [5.41, 5.74) is 9.36. The van der Waals surface area contributed by atoms with Gasteiger partial charge in [-0.2, -0.15) is 5.10 Å². The van der Waals surface area contributed by atoms with E-state index in [1.54, 1.807) is 0 Å². The van der Waals surface area contributed by atoms with Gasteiger partial charge in [-0.05, 0) is 19.3 Å². The number of nitrogens with two attached hydrogens (primary N) is 1. The van der Waals surface area contributed by atoms with Crippen LogP contribution in [0.4, 0.5) is 5.69 Å². The molecule has 1 heterocycles. The Bertz CT molecular complexity index is 369. The predicted molar refractivity (Wildman–Crippen MR) is 88.0 cm³/mol. The number of anilines is 1. The van der Waals surface area contributed by atoms with Gasteiger partial charge in [-0.1, -0.05) is 65.7 Å². The maximum atomic E-state index is 6.14. The van der Waals surface area contributed by atoms with Crippen molar-refractivity contribution in [1.82, 2.24) is 9.78 Å². The molecular weight excluding hydrogens is 246 g/mol. The van der Waals surface area contributed by atoms with Crippen molar-refractivity contribution in [3.8, 4) is 0 Å². The summed E-state index contributed by atoms with van der Waals surface area (Å²) in [7, 11) is 0. The Labute approximate surface area is 124 Å². The summed E-state index contributed by atoms with van der Waals surface area (Å²) < 4.78 is 2.14. The van der Waals surface area contributed by atoms with Crippen molar-refractivity contribution >= 4 is 5.69 Å². The quantitative estimate of drug-likeness (QED) is 0.595. The van der Waals surface area contributed by atoms with Crippen molar-refractivity contribution in [2.45, 2.75) is 91.5 Å². The highest BCUT2D eigenvalue weighted by Crippen LogP contribution is 2.19. The van der Waals surface area contributed by atoms with Crippen molar-refractivity contribution in [1.29, 1.82) is 0 Å². The molecule has 3 heteroatoms. The Morgan fingerprint density at radius 2 is 1.45 bits per heavy atom. The summed E-state index contributed by atoms with van der Waals surface area (Å²) in [6, 6.07) is 0. The van der Waals surface area contributed by atoms with E-state index in [0.717, 1.165) is 30.8 Å². The van der Waals surface area contributed by atoms with E-state index in [0.29, 0.717) is 0 Å². The van der Waals surface area contributed by atoms with E-state index in [4.69, 9.17) is 5.73 Å². The fourth-order valence-electron chi connectivity index (χ4n) is 2.78. The molecule has 0 amide bonds. The number of aryl methyl sites for hydroxylation is 2. The molecule has 0 aromatic carbocycles. The topological polar surface area (TPSA) is 43.8 Å². The molecule has 0 spiro atoms. The number of rotatable bonds is 11. The van der Waals surface area contributed by atoms with Gasteiger partial charge in [0, 0.05) is 6.54 Å². The lowest BCUT2D eigenvalue weighted by atomic mass is 10.1. The monoisotopic (exact) mass is 279 g/mol. The lowest BCUT2D eigenvalue weighted by molar-refractivity contribution is 0.507. The molecule has 0 atom stereocenters. The summed E-state index contributed by atoms with van der Waals surface area (Å²) in [5, 5.41) is 4.65. The first-order chi connectivity index (χ1) is 9.74. The van der Waals surface area contributed by atoms with E-state index in [2.05, 4.69) is 30.6 Å². The van der Waals surface area contributed by atoms with E-state index in [-0.39, 0.29) is 0 Å². The van der Waals surface area contributed by atoms with E-state index < -0.39 is 0 Å². The van der Waals surface area contributed by atoms with Gasteiger partial charge < -0.3 is 5.73 Å². The molecule has 20 heavy (non-hydrogen) atoms. The molecule has 0 unspecified atom stereocenters. The normalized spacial score (nSPS) is 11.2. The molecular formula is C17H33N3. The highest BCUT2D eigenvalue weighted by molar-refractivity contribution is 5.48. The van der Waals surface area contributed by atoms with Crippen molar-refractivity contribution in [2.75, 3.05) is 5.73 Å². The first-order valence-corrected chi connectivity index (χ1v) is 8.58. The number of nitrogen functional groups attached to an aromatic ring is 1. The van der Waals surface area contributed by atoms with Crippen LogP contribution in [0.3, 0.4) is 0 Å². The summed E-state index contributed by atoms with van der Waals surface area (Å²) in [6.45, 7) is 7.59. The lowest BCUT2D eigenvalue weighted by Gasteiger charge is -2.06. The Hall–Kier alpha value is -0.990. The standard InChI is InChI=1S/C17H33N3/c1-4-7-8-9-10-11-12-13-14-20-16(6-3)17(18)15(5-2)19-20/h4-14,18H2,1-3H3. The van der Waals surface area contributed by atoms with Crippen LogP contribution in [-0.2, 0) is 19.4 Å². The SMILES string of the molecule is CCCCCCCCCCn1nc(CC)c(N)c1CC. The van der Waals surface area contributed by atoms with Gasteiger partial charge in [0.25, 0.3) is 0 Å². The van der Waals surface area contributed by atoms with E-state index >= 15 is 0 Å². The summed E-state index contributed by atoms with van der Waals surface area (Å²) in [6.07, 6.45) is 12.8. The molecule has 116 valence electrons. The van der Waals surface area contributed by atoms with Gasteiger partial charge in [0.15, 0.2) is 0 Å². The largest absolute Gasteiger partial charge is 0.396 e. The zero-order valence-electron chi connectivity index (χ0n) is 13.7. The molecule has 1 rings (SSSR count). The summed E-state index contributed by atoms with van der Waals surface area (Å²) >= 11 is 0. The van der Waals surface area contributed by atoms with Crippen molar-refractivity contribution in [2.24, 2.45) is 0 Å². The van der Waals surface area contributed by atoms with Crippen molar-refractivity contribution in [3.05, 3.63) is 11.4 Å². The molecule has 0 aliphatic rings. The molecule has 0 saturated carbocycles. The van der Waals surface area contributed by atoms with Gasteiger partial charge >= 0.3 is 0 Å². The predicted octanol–water partition coefficient (Wildman–Crippen LogP) is 4.73. The second-order valence-electron chi connectivity index (χ2n) is 5.71. The van der Waals surface area contributed by atoms with Crippen molar-refractivity contribution < 1.29 is 0 Å². The Morgan fingerprint density at radius 1 is 0.850 bits per heavy atom. The average Bonchev–Trinajstić information content (AvgIpc) is 2.77. The van der Waals surface area contributed by atoms with Crippen LogP contribution in [-0.4, -0.2) is 9.78 Å². The van der Waals surface area contributed by atoms with Crippen LogP contribution < -0.4 is 5.73 Å². The zero-order chi connectivity index (χ0) is 14.8. The molecule has 0 aliphatic carbocycles. The van der Waals surface area contributed by atoms with Crippen LogP contribution in [0.1, 0.15) is 83.5 Å². The number of unbranched alkanes of at least 4 members (excludes halogenated alkanes) is 7. The molecule has 3 nitrogen and oxygen atoms in total. The third kappa shape index (κ3) is 5.18. The van der Waals surface area contributed by atoms with E-state index in [1.165, 1.54) is 57.1 Å². The van der Waals surface area contributed by atoms with Crippen molar-refractivity contribution in [3.63, 3.8) is 0 Å². The Morgan fingerprint density at radius 3 is 2.00 bits per heavy atom. The van der Waals surface area contributed by atoms with Gasteiger partial charge in [0.05, 0.1) is 17.1 Å². The molecule has 0 fully saturated rings. The van der Waals surface area contributed by atoms with Crippen LogP contribution in [0.5, 0.6) is 0 Å². The minimum Gasteiger partial charge on any atom is -0.396 e. The fourth-order valence-corrected chi connectivity index (χ4v) is 2.78. The first kappa shape index (κ1) is 17.1. The second-order valence-corrected chi connectivity index (χ2v) is 5.71. The van der Waals surface area contributed by atoms with Crippen LogP contribution in [0.25, 0.3) is 0 Å². The number of hydrogen-bond donors (Lipinski definition) is 1. The Balaban J connectivity index is 2.25. The average molecular weight is 279 g/mol. The van der Waals surface area contributed by atoms with Crippen LogP contribution in [0.15, 0.2) is 0 Å². The summed E-state index contributed by atoms with van der Waals surface area (Å²) in [4.78, 5) is 0. The number of hydrogen-bond acceptors (Lipinski definition) is 2. The van der Waals surface area contributed by atoms with Gasteiger partial charge in [-0.25, -0.2) is 0 Å². The maximum Gasteiger partial charge on any atom is 0.0854 e. The molecule has 0 bridgehead atoms. The molecule has 1 aromatic heterocycles. The van der Waals surface area contributed by atoms with Crippen LogP contribution in [0, 0.1) is 0 Å². The number of aromatic nitrogens is 2. The Kier molecular flexibility index (Phi) is 8.40. The van der Waals surface area contributed by atoms with E-state index in [1.807, 2.05) is 0 Å². The highest BCUT2D eigenvalue weighted by atomic mass is 15.3. The molecule has 2 N–H and O–H groups in total. The van der Waals surface area contributed by atoms with Gasteiger partial charge in [-0.15, -0.1) is 0 Å². The van der Waals surface area contributed by atoms with Crippen LogP contribution in [0.2, 0.25) is 0 Å². The fraction of sp³-hybridized carbons (Fsp3) is 0.824.